The van der Waals surface area contributed by atoms with Gasteiger partial charge in [-0.2, -0.15) is 0 Å². The van der Waals surface area contributed by atoms with Gasteiger partial charge in [0.1, 0.15) is 5.75 Å². The van der Waals surface area contributed by atoms with E-state index in [2.05, 4.69) is 11.5 Å². The van der Waals surface area contributed by atoms with E-state index in [0.717, 1.165) is 48.1 Å². The molecule has 150 valence electrons. The molecule has 4 rings (SSSR count). The maximum absolute atomic E-state index is 11.3. The Morgan fingerprint density at radius 3 is 3.00 bits per heavy atom. The molecule has 2 aliphatic heterocycles. The first-order chi connectivity index (χ1) is 13.5. The standard InChI is InChI=1S/C19H23N3O5S/c1-12-13(2)21(8-17-4-3-5-26-17)19(20-12)28-10-15-7-16(22(23)24)6-14-9-25-11-27-18(14)15/h6-7,17H,3-5,8-11H2,1-2H3/t17-/m0/s1. The highest BCUT2D eigenvalue weighted by molar-refractivity contribution is 7.98. The summed E-state index contributed by atoms with van der Waals surface area (Å²) in [4.78, 5) is 15.6. The van der Waals surface area contributed by atoms with Gasteiger partial charge in [-0.05, 0) is 26.7 Å². The summed E-state index contributed by atoms with van der Waals surface area (Å²) < 4.78 is 18.9. The molecule has 0 unspecified atom stereocenters. The number of aromatic nitrogens is 2. The topological polar surface area (TPSA) is 88.7 Å². The quantitative estimate of drug-likeness (QED) is 0.411. The number of imidazole rings is 1. The highest BCUT2D eigenvalue weighted by Crippen LogP contribution is 2.36. The van der Waals surface area contributed by atoms with E-state index >= 15 is 0 Å². The molecule has 2 aromatic rings. The minimum absolute atomic E-state index is 0.0542. The summed E-state index contributed by atoms with van der Waals surface area (Å²) in [5.41, 5.74) is 3.68. The molecule has 28 heavy (non-hydrogen) atoms. The predicted octanol–water partition coefficient (Wildman–Crippen LogP) is 3.75. The van der Waals surface area contributed by atoms with Crippen LogP contribution in [0, 0.1) is 24.0 Å². The summed E-state index contributed by atoms with van der Waals surface area (Å²) in [5.74, 6) is 1.22. The van der Waals surface area contributed by atoms with Gasteiger partial charge in [0.25, 0.3) is 5.69 Å². The zero-order valence-corrected chi connectivity index (χ0v) is 16.8. The SMILES string of the molecule is Cc1nc(SCc2cc([N+](=O)[O-])cc3c2OCOC3)n(C[C@@H]2CCCO2)c1C. The highest BCUT2D eigenvalue weighted by atomic mass is 32.2. The molecule has 0 bridgehead atoms. The lowest BCUT2D eigenvalue weighted by atomic mass is 10.1. The zero-order valence-electron chi connectivity index (χ0n) is 16.0. The number of fused-ring (bicyclic) bond motifs is 1. The van der Waals surface area contributed by atoms with Gasteiger partial charge >= 0.3 is 0 Å². The number of nitro groups is 1. The first kappa shape index (κ1) is 19.2. The molecule has 2 aliphatic rings. The van der Waals surface area contributed by atoms with Crippen LogP contribution in [-0.2, 0) is 28.4 Å². The fourth-order valence-electron chi connectivity index (χ4n) is 3.58. The number of nitrogens with zero attached hydrogens (tertiary/aromatic N) is 3. The Hall–Kier alpha value is -2.10. The molecule has 0 radical (unpaired) electrons. The number of rotatable bonds is 6. The van der Waals surface area contributed by atoms with E-state index in [0.29, 0.717) is 23.7 Å². The van der Waals surface area contributed by atoms with E-state index in [4.69, 9.17) is 19.2 Å². The summed E-state index contributed by atoms with van der Waals surface area (Å²) in [7, 11) is 0. The molecular formula is C19H23N3O5S. The molecule has 8 nitrogen and oxygen atoms in total. The second kappa shape index (κ2) is 8.10. The van der Waals surface area contributed by atoms with Crippen molar-refractivity contribution in [1.82, 2.24) is 9.55 Å². The molecule has 1 fully saturated rings. The van der Waals surface area contributed by atoms with E-state index in [1.165, 1.54) is 6.07 Å². The van der Waals surface area contributed by atoms with Crippen LogP contribution in [-0.4, -0.2) is 34.0 Å². The molecular weight excluding hydrogens is 382 g/mol. The highest BCUT2D eigenvalue weighted by Gasteiger charge is 2.23. The van der Waals surface area contributed by atoms with Gasteiger partial charge in [0.05, 0.1) is 29.9 Å². The number of ether oxygens (including phenoxy) is 3. The van der Waals surface area contributed by atoms with Gasteiger partial charge in [0, 0.05) is 41.3 Å². The van der Waals surface area contributed by atoms with E-state index in [1.807, 2.05) is 6.92 Å². The smallest absolute Gasteiger partial charge is 0.270 e. The Kier molecular flexibility index (Phi) is 5.56. The van der Waals surface area contributed by atoms with E-state index < -0.39 is 0 Å². The lowest BCUT2D eigenvalue weighted by molar-refractivity contribution is -0.385. The number of non-ortho nitro benzene ring substituents is 1. The number of hydrogen-bond acceptors (Lipinski definition) is 7. The monoisotopic (exact) mass is 405 g/mol. The predicted molar refractivity (Wildman–Crippen MR) is 104 cm³/mol. The first-order valence-corrected chi connectivity index (χ1v) is 10.3. The van der Waals surface area contributed by atoms with Crippen LogP contribution in [0.3, 0.4) is 0 Å². The maximum Gasteiger partial charge on any atom is 0.270 e. The van der Waals surface area contributed by atoms with Crippen LogP contribution in [0.5, 0.6) is 5.75 Å². The molecule has 9 heteroatoms. The van der Waals surface area contributed by atoms with Crippen LogP contribution in [0.4, 0.5) is 5.69 Å². The number of hydrogen-bond donors (Lipinski definition) is 0. The van der Waals surface area contributed by atoms with Gasteiger partial charge in [-0.3, -0.25) is 10.1 Å². The van der Waals surface area contributed by atoms with Crippen LogP contribution >= 0.6 is 11.8 Å². The van der Waals surface area contributed by atoms with Crippen LogP contribution in [0.25, 0.3) is 0 Å². The summed E-state index contributed by atoms with van der Waals surface area (Å²) in [6.45, 7) is 6.15. The molecule has 3 heterocycles. The average molecular weight is 405 g/mol. The Morgan fingerprint density at radius 2 is 2.25 bits per heavy atom. The van der Waals surface area contributed by atoms with Crippen molar-refractivity contribution in [2.24, 2.45) is 0 Å². The van der Waals surface area contributed by atoms with Crippen LogP contribution in [0.15, 0.2) is 17.3 Å². The van der Waals surface area contributed by atoms with Crippen molar-refractivity contribution in [3.8, 4) is 5.75 Å². The van der Waals surface area contributed by atoms with Crippen molar-refractivity contribution in [2.75, 3.05) is 13.4 Å². The molecule has 1 saturated heterocycles. The van der Waals surface area contributed by atoms with Crippen LogP contribution in [0.1, 0.15) is 35.4 Å². The summed E-state index contributed by atoms with van der Waals surface area (Å²) >= 11 is 1.56. The van der Waals surface area contributed by atoms with Crippen molar-refractivity contribution in [2.45, 2.75) is 56.9 Å². The maximum atomic E-state index is 11.3. The molecule has 1 aromatic heterocycles. The molecule has 1 aromatic carbocycles. The molecule has 0 aliphatic carbocycles. The molecule has 0 saturated carbocycles. The van der Waals surface area contributed by atoms with E-state index in [-0.39, 0.29) is 23.5 Å². The van der Waals surface area contributed by atoms with Crippen molar-refractivity contribution in [3.05, 3.63) is 44.8 Å². The van der Waals surface area contributed by atoms with Crippen molar-refractivity contribution in [1.29, 1.82) is 0 Å². The molecule has 0 spiro atoms. The largest absolute Gasteiger partial charge is 0.467 e. The molecule has 1 atom stereocenters. The third kappa shape index (κ3) is 3.87. The number of aryl methyl sites for hydroxylation is 1. The van der Waals surface area contributed by atoms with Crippen molar-refractivity contribution in [3.63, 3.8) is 0 Å². The second-order valence-corrected chi connectivity index (χ2v) is 8.00. The van der Waals surface area contributed by atoms with Gasteiger partial charge in [-0.15, -0.1) is 0 Å². The van der Waals surface area contributed by atoms with Crippen molar-refractivity contribution < 1.29 is 19.1 Å². The molecule has 0 N–H and O–H groups in total. The van der Waals surface area contributed by atoms with Gasteiger partial charge in [-0.1, -0.05) is 11.8 Å². The normalized spacial score (nSPS) is 18.7. The average Bonchev–Trinajstić information content (AvgIpc) is 3.30. The second-order valence-electron chi connectivity index (χ2n) is 7.06. The number of thioether (sulfide) groups is 1. The third-order valence-electron chi connectivity index (χ3n) is 5.17. The van der Waals surface area contributed by atoms with Gasteiger partial charge in [0.2, 0.25) is 0 Å². The summed E-state index contributed by atoms with van der Waals surface area (Å²) in [6.07, 6.45) is 2.38. The van der Waals surface area contributed by atoms with Gasteiger partial charge in [0.15, 0.2) is 11.9 Å². The lowest BCUT2D eigenvalue weighted by Gasteiger charge is -2.20. The Labute approximate surface area is 167 Å². The Bertz CT molecular complexity index is 892. The minimum atomic E-state index is -0.379. The summed E-state index contributed by atoms with van der Waals surface area (Å²) in [6, 6.07) is 3.11. The third-order valence-corrected chi connectivity index (χ3v) is 6.20. The van der Waals surface area contributed by atoms with Gasteiger partial charge in [-0.25, -0.2) is 4.98 Å². The van der Waals surface area contributed by atoms with E-state index in [9.17, 15) is 10.1 Å². The zero-order chi connectivity index (χ0) is 19.7. The first-order valence-electron chi connectivity index (χ1n) is 9.32. The Balaban J connectivity index is 1.58. The number of nitro benzene ring substituents is 1. The lowest BCUT2D eigenvalue weighted by Crippen LogP contribution is -2.17. The fourth-order valence-corrected chi connectivity index (χ4v) is 4.64. The van der Waals surface area contributed by atoms with Gasteiger partial charge < -0.3 is 18.8 Å². The van der Waals surface area contributed by atoms with Crippen LogP contribution < -0.4 is 4.74 Å². The number of benzene rings is 1. The summed E-state index contributed by atoms with van der Waals surface area (Å²) in [5, 5.41) is 12.2. The van der Waals surface area contributed by atoms with E-state index in [1.54, 1.807) is 17.8 Å². The minimum Gasteiger partial charge on any atom is -0.467 e. The molecule has 0 amide bonds. The fraction of sp³-hybridized carbons (Fsp3) is 0.526. The van der Waals surface area contributed by atoms with Crippen LogP contribution in [0.2, 0.25) is 0 Å². The van der Waals surface area contributed by atoms with Crippen molar-refractivity contribution >= 4 is 17.4 Å². The Morgan fingerprint density at radius 1 is 1.39 bits per heavy atom.